The van der Waals surface area contributed by atoms with E-state index in [1.165, 1.54) is 25.7 Å². The number of rotatable bonds is 5. The van der Waals surface area contributed by atoms with Gasteiger partial charge in [-0.2, -0.15) is 0 Å². The van der Waals surface area contributed by atoms with Crippen LogP contribution in [0.4, 0.5) is 0 Å². The third-order valence-electron chi connectivity index (χ3n) is 9.60. The van der Waals surface area contributed by atoms with Crippen molar-refractivity contribution in [3.05, 3.63) is 173 Å². The van der Waals surface area contributed by atoms with Gasteiger partial charge in [0.2, 0.25) is 0 Å². The second-order valence-electron chi connectivity index (χ2n) is 12.6. The maximum Gasteiger partial charge on any atom is 0.328 e. The number of nitrogens with zero attached hydrogens (tertiary/aromatic N) is 3. The molecule has 236 valence electrons. The molecule has 0 fully saturated rings. The smallest absolute Gasteiger partial charge is 0.328 e. The van der Waals surface area contributed by atoms with Gasteiger partial charge in [-0.1, -0.05) is 97.1 Å². The van der Waals surface area contributed by atoms with Crippen LogP contribution >= 0.6 is 11.3 Å². The summed E-state index contributed by atoms with van der Waals surface area (Å²) in [7, 11) is 3.64. The first kappa shape index (κ1) is 29.2. The van der Waals surface area contributed by atoms with Crippen LogP contribution in [0.25, 0.3) is 59.2 Å². The Balaban J connectivity index is 1.12. The summed E-state index contributed by atoms with van der Waals surface area (Å²) in [6.45, 7) is 0. The Morgan fingerprint density at radius 1 is 0.571 bits per heavy atom. The predicted octanol–water partition coefficient (Wildman–Crippen LogP) is 9.71. The summed E-state index contributed by atoms with van der Waals surface area (Å²) in [5.74, 6) is 0. The Kier molecular flexibility index (Phi) is 6.92. The number of thiophene rings is 1. The molecule has 1 aliphatic rings. The minimum absolute atomic E-state index is 0.0270. The fraction of sp³-hybridized carbons (Fsp3) is 0.0698. The molecule has 0 saturated carbocycles. The fourth-order valence-corrected chi connectivity index (χ4v) is 8.05. The average Bonchev–Trinajstić information content (AvgIpc) is 3.64. The lowest BCUT2D eigenvalue weighted by Crippen LogP contribution is -2.24. The van der Waals surface area contributed by atoms with Gasteiger partial charge >= 0.3 is 5.69 Å². The zero-order valence-electron chi connectivity index (χ0n) is 27.1. The highest BCUT2D eigenvalue weighted by molar-refractivity contribution is 7.25. The van der Waals surface area contributed by atoms with Gasteiger partial charge in [-0.15, -0.1) is 11.3 Å². The molecule has 49 heavy (non-hydrogen) atoms. The average molecular weight is 653 g/mol. The Hall–Kier alpha value is -5.98. The molecule has 0 saturated heterocycles. The lowest BCUT2D eigenvalue weighted by Gasteiger charge is -2.25. The van der Waals surface area contributed by atoms with Crippen molar-refractivity contribution in [2.45, 2.75) is 6.17 Å². The number of benzene rings is 6. The van der Waals surface area contributed by atoms with Crippen molar-refractivity contribution in [2.75, 3.05) is 0 Å². The van der Waals surface area contributed by atoms with E-state index in [-0.39, 0.29) is 11.9 Å². The molecule has 6 heteroatoms. The molecule has 0 bridgehead atoms. The summed E-state index contributed by atoms with van der Waals surface area (Å²) in [5, 5.41) is 6.32. The van der Waals surface area contributed by atoms with Crippen LogP contribution in [0, 0.1) is 0 Å². The molecule has 0 spiro atoms. The monoisotopic (exact) mass is 652 g/mol. The molecule has 9 rings (SSSR count). The van der Waals surface area contributed by atoms with Crippen molar-refractivity contribution in [2.24, 2.45) is 19.1 Å². The van der Waals surface area contributed by atoms with E-state index in [9.17, 15) is 4.79 Å². The summed E-state index contributed by atoms with van der Waals surface area (Å²) in [5.41, 5.74) is 11.5. The Morgan fingerprint density at radius 3 is 2.04 bits per heavy atom. The van der Waals surface area contributed by atoms with Crippen LogP contribution in [0.15, 0.2) is 155 Å². The van der Waals surface area contributed by atoms with Gasteiger partial charge in [0, 0.05) is 45.5 Å². The number of aliphatic imine (C=N–C) groups is 1. The van der Waals surface area contributed by atoms with Gasteiger partial charge in [0.1, 0.15) is 6.17 Å². The lowest BCUT2D eigenvalue weighted by atomic mass is 9.96. The van der Waals surface area contributed by atoms with Crippen LogP contribution in [-0.2, 0) is 14.1 Å². The van der Waals surface area contributed by atoms with Gasteiger partial charge in [0.25, 0.3) is 0 Å². The van der Waals surface area contributed by atoms with Gasteiger partial charge in [-0.25, -0.2) is 4.79 Å². The number of aromatic nitrogens is 2. The molecule has 5 nitrogen and oxygen atoms in total. The molecule has 1 unspecified atom stereocenters. The van der Waals surface area contributed by atoms with E-state index in [2.05, 4.69) is 139 Å². The van der Waals surface area contributed by atoms with Crippen LogP contribution in [0.5, 0.6) is 0 Å². The lowest BCUT2D eigenvalue weighted by molar-refractivity contribution is 0.664. The maximum atomic E-state index is 12.6. The van der Waals surface area contributed by atoms with Crippen molar-refractivity contribution < 1.29 is 0 Å². The van der Waals surface area contributed by atoms with Crippen molar-refractivity contribution in [3.63, 3.8) is 0 Å². The zero-order chi connectivity index (χ0) is 33.1. The van der Waals surface area contributed by atoms with Gasteiger partial charge in [-0.05, 0) is 81.9 Å². The van der Waals surface area contributed by atoms with E-state index in [0.29, 0.717) is 0 Å². The normalized spacial score (nSPS) is 14.6. The van der Waals surface area contributed by atoms with Crippen LogP contribution in [0.3, 0.4) is 0 Å². The predicted molar refractivity (Wildman–Crippen MR) is 205 cm³/mol. The van der Waals surface area contributed by atoms with Crippen LogP contribution in [-0.4, -0.2) is 14.8 Å². The van der Waals surface area contributed by atoms with Gasteiger partial charge in [-0.3, -0.25) is 14.1 Å². The molecule has 0 amide bonds. The third kappa shape index (κ3) is 5.09. The minimum atomic E-state index is -0.243. The molecule has 1 atom stereocenters. The van der Waals surface area contributed by atoms with E-state index in [4.69, 9.17) is 4.99 Å². The van der Waals surface area contributed by atoms with E-state index < -0.39 is 0 Å². The highest BCUT2D eigenvalue weighted by Gasteiger charge is 2.20. The Labute approximate surface area is 287 Å². The molecular weight excluding hydrogens is 621 g/mol. The fourth-order valence-electron chi connectivity index (χ4n) is 6.97. The van der Waals surface area contributed by atoms with Gasteiger partial charge in [0.15, 0.2) is 0 Å². The molecule has 1 N–H and O–H groups in total. The Bertz CT molecular complexity index is 2690. The highest BCUT2D eigenvalue weighted by Crippen LogP contribution is 2.37. The molecule has 0 radical (unpaired) electrons. The second-order valence-corrected chi connectivity index (χ2v) is 13.7. The van der Waals surface area contributed by atoms with Crippen molar-refractivity contribution >= 4 is 54.0 Å². The molecule has 1 aliphatic heterocycles. The topological polar surface area (TPSA) is 51.3 Å². The quantitative estimate of drug-likeness (QED) is 0.201. The first-order chi connectivity index (χ1) is 24.0. The number of allylic oxidation sites excluding steroid dienone is 1. The molecule has 6 aromatic carbocycles. The number of nitrogens with one attached hydrogen (secondary N) is 1. The van der Waals surface area contributed by atoms with Gasteiger partial charge < -0.3 is 5.32 Å². The van der Waals surface area contributed by atoms with E-state index >= 15 is 0 Å². The third-order valence-corrected chi connectivity index (χ3v) is 10.8. The van der Waals surface area contributed by atoms with Crippen molar-refractivity contribution in [1.82, 2.24) is 14.5 Å². The summed E-state index contributed by atoms with van der Waals surface area (Å²) in [6, 6.07) is 49.3. The first-order valence-electron chi connectivity index (χ1n) is 16.4. The number of aryl methyl sites for hydroxylation is 2. The standard InChI is InChI=1S/C43H32N4OS/c1-46-38-20-18-31(25-39(38)47(2)43(46)48)29-13-9-15-33(23-29)37-26-36(44-42(45-37)27-10-4-3-5-11-27)32-14-8-12-28(22-32)30-19-21-41-35(24-30)34-16-6-7-17-40(34)49-41/h3-26,42,45H,1-2H3. The van der Waals surface area contributed by atoms with Crippen molar-refractivity contribution in [1.29, 1.82) is 0 Å². The second kappa shape index (κ2) is 11.6. The Morgan fingerprint density at radius 2 is 1.20 bits per heavy atom. The molecule has 8 aromatic rings. The summed E-state index contributed by atoms with van der Waals surface area (Å²) in [6.07, 6.45) is 1.92. The SMILES string of the molecule is Cn1c(=O)n(C)c2cc(-c3cccc(C4=CC(c5cccc(-c6ccc7sc8ccccc8c7c6)c5)=NC(c5ccccc5)N4)c3)ccc21. The summed E-state index contributed by atoms with van der Waals surface area (Å²) < 4.78 is 6.01. The van der Waals surface area contributed by atoms with Crippen LogP contribution in [0.2, 0.25) is 0 Å². The number of fused-ring (bicyclic) bond motifs is 4. The largest absolute Gasteiger partial charge is 0.360 e. The van der Waals surface area contributed by atoms with Crippen LogP contribution in [0.1, 0.15) is 22.9 Å². The van der Waals surface area contributed by atoms with Crippen LogP contribution < -0.4 is 11.0 Å². The molecular formula is C43H32N4OS. The maximum absolute atomic E-state index is 12.6. The number of imidazole rings is 1. The van der Waals surface area contributed by atoms with E-state index in [0.717, 1.165) is 55.8 Å². The summed E-state index contributed by atoms with van der Waals surface area (Å²) in [4.78, 5) is 17.8. The van der Waals surface area contributed by atoms with Crippen molar-refractivity contribution in [3.8, 4) is 22.3 Å². The molecule has 3 heterocycles. The van der Waals surface area contributed by atoms with E-state index in [1.54, 1.807) is 9.13 Å². The van der Waals surface area contributed by atoms with E-state index in [1.807, 2.05) is 37.6 Å². The zero-order valence-corrected chi connectivity index (χ0v) is 27.9. The highest BCUT2D eigenvalue weighted by atomic mass is 32.1. The minimum Gasteiger partial charge on any atom is -0.360 e. The number of hydrogen-bond acceptors (Lipinski definition) is 4. The molecule has 2 aromatic heterocycles. The number of hydrogen-bond donors (Lipinski definition) is 1. The van der Waals surface area contributed by atoms with Gasteiger partial charge in [0.05, 0.1) is 16.7 Å². The molecule has 0 aliphatic carbocycles. The first-order valence-corrected chi connectivity index (χ1v) is 17.2. The summed E-state index contributed by atoms with van der Waals surface area (Å²) >= 11 is 1.84.